The molecule has 2 saturated carbocycles. The number of nitrogens with zero attached hydrogens (tertiary/aromatic N) is 1. The molecule has 2 atom stereocenters. The fraction of sp³-hybridized carbons (Fsp3) is 0.833. The van der Waals surface area contributed by atoms with Gasteiger partial charge in [0.05, 0.1) is 0 Å². The molecule has 1 spiro atoms. The van der Waals surface area contributed by atoms with Gasteiger partial charge in [-0.2, -0.15) is 0 Å². The Morgan fingerprint density at radius 1 is 1.21 bits per heavy atom. The molecule has 3 fully saturated rings. The maximum atomic E-state index is 12.5. The zero-order chi connectivity index (χ0) is 17.2. The van der Waals surface area contributed by atoms with E-state index < -0.39 is 5.54 Å². The van der Waals surface area contributed by atoms with E-state index in [0.29, 0.717) is 25.3 Å². The van der Waals surface area contributed by atoms with Crippen molar-refractivity contribution in [1.82, 2.24) is 15.5 Å². The van der Waals surface area contributed by atoms with Crippen LogP contribution in [0, 0.1) is 5.92 Å². The van der Waals surface area contributed by atoms with E-state index in [2.05, 4.69) is 17.6 Å². The summed E-state index contributed by atoms with van der Waals surface area (Å²) in [5.41, 5.74) is -0.642. The number of nitrogens with one attached hydrogen (secondary N) is 2. The van der Waals surface area contributed by atoms with Crippen LogP contribution in [0.15, 0.2) is 0 Å². The topological polar surface area (TPSA) is 78.5 Å². The summed E-state index contributed by atoms with van der Waals surface area (Å²) in [7, 11) is 0. The second kappa shape index (κ2) is 7.11. The van der Waals surface area contributed by atoms with Crippen LogP contribution in [0.3, 0.4) is 0 Å². The Kier molecular flexibility index (Phi) is 5.11. The average molecular weight is 335 g/mol. The van der Waals surface area contributed by atoms with Crippen molar-refractivity contribution in [3.63, 3.8) is 0 Å². The molecule has 0 aromatic rings. The minimum atomic E-state index is -0.642. The lowest BCUT2D eigenvalue weighted by atomic mass is 9.86. The van der Waals surface area contributed by atoms with Gasteiger partial charge in [0.2, 0.25) is 5.91 Å². The van der Waals surface area contributed by atoms with Crippen LogP contribution in [-0.2, 0) is 9.59 Å². The lowest BCUT2D eigenvalue weighted by Crippen LogP contribution is -2.44. The highest BCUT2D eigenvalue weighted by Gasteiger charge is 2.52. The number of hydrogen-bond donors (Lipinski definition) is 2. The van der Waals surface area contributed by atoms with Crippen molar-refractivity contribution >= 4 is 17.8 Å². The van der Waals surface area contributed by atoms with Gasteiger partial charge in [0.25, 0.3) is 5.91 Å². The SMILES string of the molecule is C[C@H]1CCCC[C@@H]1NC(=O)CCCN1C(=O)NC2(CCCC2)C1=O. The highest BCUT2D eigenvalue weighted by molar-refractivity contribution is 6.07. The molecule has 3 aliphatic rings. The summed E-state index contributed by atoms with van der Waals surface area (Å²) in [5, 5.41) is 6.00. The van der Waals surface area contributed by atoms with Crippen LogP contribution in [0.25, 0.3) is 0 Å². The lowest BCUT2D eigenvalue weighted by molar-refractivity contribution is -0.131. The average Bonchev–Trinajstić information content (AvgIpc) is 3.10. The van der Waals surface area contributed by atoms with E-state index in [9.17, 15) is 14.4 Å². The number of amides is 4. The summed E-state index contributed by atoms with van der Waals surface area (Å²) < 4.78 is 0. The van der Waals surface area contributed by atoms with Crippen molar-refractivity contribution in [3.8, 4) is 0 Å². The van der Waals surface area contributed by atoms with Crippen LogP contribution < -0.4 is 10.6 Å². The lowest BCUT2D eigenvalue weighted by Gasteiger charge is -2.29. The Morgan fingerprint density at radius 2 is 1.92 bits per heavy atom. The first-order valence-corrected chi connectivity index (χ1v) is 9.45. The molecule has 24 heavy (non-hydrogen) atoms. The standard InChI is InChI=1S/C18H29N3O3/c1-13-7-2-3-8-14(13)19-15(22)9-6-12-21-16(23)18(20-17(21)24)10-4-5-11-18/h13-14H,2-12H2,1H3,(H,19,22)(H,20,24)/t13-,14-/m0/s1. The molecule has 2 aliphatic carbocycles. The minimum absolute atomic E-state index is 0.0383. The van der Waals surface area contributed by atoms with E-state index in [0.717, 1.165) is 32.1 Å². The smallest absolute Gasteiger partial charge is 0.325 e. The molecule has 0 bridgehead atoms. The van der Waals surface area contributed by atoms with Gasteiger partial charge in [-0.1, -0.05) is 32.6 Å². The summed E-state index contributed by atoms with van der Waals surface area (Å²) in [6.45, 7) is 2.53. The van der Waals surface area contributed by atoms with Crippen LogP contribution in [0.1, 0.15) is 71.1 Å². The maximum Gasteiger partial charge on any atom is 0.325 e. The predicted octanol–water partition coefficient (Wildman–Crippen LogP) is 2.33. The monoisotopic (exact) mass is 335 g/mol. The minimum Gasteiger partial charge on any atom is -0.353 e. The first-order chi connectivity index (χ1) is 11.5. The third kappa shape index (κ3) is 3.42. The molecule has 3 rings (SSSR count). The Hall–Kier alpha value is -1.59. The molecular formula is C18H29N3O3. The molecule has 6 nitrogen and oxygen atoms in total. The van der Waals surface area contributed by atoms with E-state index in [1.807, 2.05) is 0 Å². The van der Waals surface area contributed by atoms with E-state index >= 15 is 0 Å². The molecule has 0 aromatic carbocycles. The van der Waals surface area contributed by atoms with Crippen molar-refractivity contribution < 1.29 is 14.4 Å². The second-order valence-electron chi connectivity index (χ2n) is 7.72. The number of imide groups is 1. The van der Waals surface area contributed by atoms with Gasteiger partial charge in [0.15, 0.2) is 0 Å². The van der Waals surface area contributed by atoms with E-state index in [4.69, 9.17) is 0 Å². The fourth-order valence-corrected chi connectivity index (χ4v) is 4.40. The summed E-state index contributed by atoms with van der Waals surface area (Å²) in [6.07, 6.45) is 9.03. The van der Waals surface area contributed by atoms with Crippen LogP contribution in [-0.4, -0.2) is 40.9 Å². The molecule has 0 radical (unpaired) electrons. The molecule has 6 heteroatoms. The normalized spacial score (nSPS) is 29.1. The maximum absolute atomic E-state index is 12.5. The molecular weight excluding hydrogens is 306 g/mol. The van der Waals surface area contributed by atoms with E-state index in [-0.39, 0.29) is 23.9 Å². The van der Waals surface area contributed by atoms with Crippen molar-refractivity contribution in [1.29, 1.82) is 0 Å². The predicted molar refractivity (Wildman–Crippen MR) is 90.2 cm³/mol. The van der Waals surface area contributed by atoms with Gasteiger partial charge in [0, 0.05) is 19.0 Å². The van der Waals surface area contributed by atoms with Crippen molar-refractivity contribution in [2.24, 2.45) is 5.92 Å². The Balaban J connectivity index is 1.43. The highest BCUT2D eigenvalue weighted by atomic mass is 16.2. The zero-order valence-corrected chi connectivity index (χ0v) is 14.6. The third-order valence-electron chi connectivity index (χ3n) is 5.95. The zero-order valence-electron chi connectivity index (χ0n) is 14.6. The molecule has 1 aliphatic heterocycles. The summed E-state index contributed by atoms with van der Waals surface area (Å²) >= 11 is 0. The number of hydrogen-bond acceptors (Lipinski definition) is 3. The Morgan fingerprint density at radius 3 is 2.62 bits per heavy atom. The van der Waals surface area contributed by atoms with Crippen LogP contribution >= 0.6 is 0 Å². The van der Waals surface area contributed by atoms with E-state index in [1.54, 1.807) is 0 Å². The summed E-state index contributed by atoms with van der Waals surface area (Å²) in [5.74, 6) is 0.485. The molecule has 4 amide bonds. The molecule has 134 valence electrons. The first kappa shape index (κ1) is 17.2. The summed E-state index contributed by atoms with van der Waals surface area (Å²) in [6, 6.07) is -0.00654. The third-order valence-corrected chi connectivity index (χ3v) is 5.95. The van der Waals surface area contributed by atoms with Crippen molar-refractivity contribution in [2.45, 2.75) is 82.7 Å². The van der Waals surface area contributed by atoms with Crippen molar-refractivity contribution in [3.05, 3.63) is 0 Å². The number of carbonyl (C=O) groups is 3. The second-order valence-corrected chi connectivity index (χ2v) is 7.72. The molecule has 0 unspecified atom stereocenters. The molecule has 1 heterocycles. The summed E-state index contributed by atoms with van der Waals surface area (Å²) in [4.78, 5) is 38.0. The quantitative estimate of drug-likeness (QED) is 0.757. The number of urea groups is 1. The molecule has 0 aromatic heterocycles. The fourth-order valence-electron chi connectivity index (χ4n) is 4.40. The Labute approximate surface area is 143 Å². The van der Waals surface area contributed by atoms with Gasteiger partial charge in [-0.05, 0) is 38.0 Å². The number of carbonyl (C=O) groups excluding carboxylic acids is 3. The van der Waals surface area contributed by atoms with Gasteiger partial charge in [-0.15, -0.1) is 0 Å². The van der Waals surface area contributed by atoms with Gasteiger partial charge >= 0.3 is 6.03 Å². The number of rotatable bonds is 5. The first-order valence-electron chi connectivity index (χ1n) is 9.45. The van der Waals surface area contributed by atoms with Crippen LogP contribution in [0.5, 0.6) is 0 Å². The van der Waals surface area contributed by atoms with Gasteiger partial charge in [-0.25, -0.2) is 4.79 Å². The molecule has 2 N–H and O–H groups in total. The van der Waals surface area contributed by atoms with Crippen molar-refractivity contribution in [2.75, 3.05) is 6.54 Å². The Bertz CT molecular complexity index is 514. The van der Waals surface area contributed by atoms with E-state index in [1.165, 1.54) is 24.2 Å². The molecule has 1 saturated heterocycles. The van der Waals surface area contributed by atoms with Gasteiger partial charge < -0.3 is 10.6 Å². The highest BCUT2D eigenvalue weighted by Crippen LogP contribution is 2.35. The van der Waals surface area contributed by atoms with Crippen LogP contribution in [0.4, 0.5) is 4.79 Å². The largest absolute Gasteiger partial charge is 0.353 e. The van der Waals surface area contributed by atoms with Gasteiger partial charge in [0.1, 0.15) is 5.54 Å². The van der Waals surface area contributed by atoms with Gasteiger partial charge in [-0.3, -0.25) is 14.5 Å². The van der Waals surface area contributed by atoms with Crippen LogP contribution in [0.2, 0.25) is 0 Å².